The molecule has 0 saturated heterocycles. The fraction of sp³-hybridized carbons (Fsp3) is 0.0690. The van der Waals surface area contributed by atoms with Crippen LogP contribution in [0.4, 0.5) is 34.1 Å². The van der Waals surface area contributed by atoms with Crippen LogP contribution in [0.25, 0.3) is 45.8 Å². The Hall–Kier alpha value is -8.06. The van der Waals surface area contributed by atoms with Gasteiger partial charge in [-0.1, -0.05) is 85.0 Å². The van der Waals surface area contributed by atoms with E-state index in [2.05, 4.69) is 168 Å². The van der Waals surface area contributed by atoms with Gasteiger partial charge in [0.05, 0.1) is 27.9 Å². The molecule has 0 aliphatic carbocycles. The van der Waals surface area contributed by atoms with Gasteiger partial charge in [0, 0.05) is 34.1 Å². The van der Waals surface area contributed by atoms with E-state index in [0.717, 1.165) is 79.2 Å². The third-order valence-electron chi connectivity index (χ3n) is 11.5. The Morgan fingerprint density at radius 2 is 0.609 bits per heavy atom. The Kier molecular flexibility index (Phi) is 12.2. The van der Waals surface area contributed by atoms with Crippen molar-refractivity contribution in [2.75, 3.05) is 31.1 Å². The first-order chi connectivity index (χ1) is 31.5. The number of fused-ring (bicyclic) bond motifs is 2. The SMILES string of the molecule is COc1ccc(N(c2ccc(C=Cc3ccc4cc5cc(C=Cc6ccc(N(c7ccc(OC)cc7)c7ccc(OC)cc7)cc6)ccc5cc4c3)cc2)c2ccc(CO)cc2)cc1. The molecular weight excluding hydrogens is 789 g/mol. The highest BCUT2D eigenvalue weighted by atomic mass is 16.5. The number of benzene rings is 9. The molecule has 64 heavy (non-hydrogen) atoms. The van der Waals surface area contributed by atoms with Gasteiger partial charge in [0.1, 0.15) is 17.2 Å². The number of aliphatic hydroxyl groups is 1. The van der Waals surface area contributed by atoms with Gasteiger partial charge in [0.25, 0.3) is 0 Å². The second-order valence-corrected chi connectivity index (χ2v) is 15.5. The van der Waals surface area contributed by atoms with Crippen LogP contribution in [0.1, 0.15) is 27.8 Å². The van der Waals surface area contributed by atoms with Gasteiger partial charge in [-0.2, -0.15) is 0 Å². The molecule has 0 bridgehead atoms. The van der Waals surface area contributed by atoms with Crippen molar-refractivity contribution in [1.82, 2.24) is 0 Å². The van der Waals surface area contributed by atoms with Gasteiger partial charge in [-0.25, -0.2) is 0 Å². The van der Waals surface area contributed by atoms with E-state index in [1.165, 1.54) is 21.5 Å². The standard InChI is InChI=1S/C58H48N2O4/c1-62-56-30-24-53(25-31-56)59(52-22-14-45(40-61)15-23-52)50-18-10-41(11-19-50)4-6-43-8-16-46-39-49-37-44(9-17-47(49)38-48(46)36-43)7-5-42-12-20-51(21-13-42)60(54-26-32-57(63-2)33-27-54)55-28-34-58(64-3)35-29-55/h4-39,61H,40H2,1-3H3. The number of ether oxygens (including phenoxy) is 3. The van der Waals surface area contributed by atoms with Gasteiger partial charge < -0.3 is 29.1 Å². The molecule has 0 atom stereocenters. The summed E-state index contributed by atoms with van der Waals surface area (Å²) in [6.07, 6.45) is 8.67. The fourth-order valence-electron chi connectivity index (χ4n) is 7.93. The summed E-state index contributed by atoms with van der Waals surface area (Å²) >= 11 is 0. The fourth-order valence-corrected chi connectivity index (χ4v) is 7.93. The van der Waals surface area contributed by atoms with Crippen LogP contribution in [0.3, 0.4) is 0 Å². The van der Waals surface area contributed by atoms with Crippen LogP contribution >= 0.6 is 0 Å². The molecule has 1 N–H and O–H groups in total. The number of nitrogens with zero attached hydrogens (tertiary/aromatic N) is 2. The number of hydrogen-bond donors (Lipinski definition) is 1. The first-order valence-electron chi connectivity index (χ1n) is 21.2. The smallest absolute Gasteiger partial charge is 0.119 e. The second-order valence-electron chi connectivity index (χ2n) is 15.5. The van der Waals surface area contributed by atoms with Gasteiger partial charge in [-0.3, -0.25) is 0 Å². The summed E-state index contributed by atoms with van der Waals surface area (Å²) in [5.41, 5.74) is 11.5. The molecule has 0 aliphatic heterocycles. The van der Waals surface area contributed by atoms with E-state index >= 15 is 0 Å². The third kappa shape index (κ3) is 9.24. The van der Waals surface area contributed by atoms with Gasteiger partial charge in [-0.05, 0) is 183 Å². The van der Waals surface area contributed by atoms with Crippen LogP contribution in [-0.4, -0.2) is 26.4 Å². The van der Waals surface area contributed by atoms with Gasteiger partial charge in [0.15, 0.2) is 0 Å². The normalized spacial score (nSPS) is 11.4. The highest BCUT2D eigenvalue weighted by Gasteiger charge is 2.15. The van der Waals surface area contributed by atoms with Gasteiger partial charge in [-0.15, -0.1) is 0 Å². The maximum atomic E-state index is 9.61. The van der Waals surface area contributed by atoms with Crippen LogP contribution < -0.4 is 24.0 Å². The zero-order chi connectivity index (χ0) is 43.8. The molecule has 0 aromatic heterocycles. The lowest BCUT2D eigenvalue weighted by atomic mass is 9.99. The number of hydrogen-bond acceptors (Lipinski definition) is 6. The van der Waals surface area contributed by atoms with Gasteiger partial charge >= 0.3 is 0 Å². The van der Waals surface area contributed by atoms with E-state index < -0.39 is 0 Å². The number of aliphatic hydroxyl groups excluding tert-OH is 1. The summed E-state index contributed by atoms with van der Waals surface area (Å²) in [5, 5.41) is 14.4. The van der Waals surface area contributed by atoms with E-state index in [1.807, 2.05) is 60.7 Å². The molecule has 9 rings (SSSR count). The van der Waals surface area contributed by atoms with Crippen molar-refractivity contribution < 1.29 is 19.3 Å². The quantitative estimate of drug-likeness (QED) is 0.0870. The minimum absolute atomic E-state index is 0.00933. The molecule has 0 fully saturated rings. The second kappa shape index (κ2) is 18.9. The molecule has 314 valence electrons. The van der Waals surface area contributed by atoms with E-state index in [4.69, 9.17) is 14.2 Å². The lowest BCUT2D eigenvalue weighted by molar-refractivity contribution is 0.282. The van der Waals surface area contributed by atoms with Crippen LogP contribution in [-0.2, 0) is 6.61 Å². The highest BCUT2D eigenvalue weighted by molar-refractivity contribution is 6.00. The zero-order valence-electron chi connectivity index (χ0n) is 36.1. The molecule has 6 nitrogen and oxygen atoms in total. The largest absolute Gasteiger partial charge is 0.497 e. The van der Waals surface area contributed by atoms with Crippen molar-refractivity contribution in [1.29, 1.82) is 0 Å². The zero-order valence-corrected chi connectivity index (χ0v) is 36.1. The maximum absolute atomic E-state index is 9.61. The van der Waals surface area contributed by atoms with Gasteiger partial charge in [0.2, 0.25) is 0 Å². The molecule has 0 spiro atoms. The average Bonchev–Trinajstić information content (AvgIpc) is 3.36. The predicted molar refractivity (Wildman–Crippen MR) is 267 cm³/mol. The van der Waals surface area contributed by atoms with Crippen molar-refractivity contribution in [3.8, 4) is 17.2 Å². The summed E-state index contributed by atoms with van der Waals surface area (Å²) in [4.78, 5) is 4.42. The molecule has 9 aromatic carbocycles. The first-order valence-corrected chi connectivity index (χ1v) is 21.2. The van der Waals surface area contributed by atoms with E-state index in [1.54, 1.807) is 21.3 Å². The highest BCUT2D eigenvalue weighted by Crippen LogP contribution is 2.38. The Bertz CT molecular complexity index is 2740. The molecular formula is C58H48N2O4. The van der Waals surface area contributed by atoms with Crippen LogP contribution in [0, 0.1) is 0 Å². The topological polar surface area (TPSA) is 54.4 Å². The summed E-state index contributed by atoms with van der Waals surface area (Å²) in [7, 11) is 5.04. The number of methoxy groups -OCH3 is 3. The summed E-state index contributed by atoms with van der Waals surface area (Å²) in [6, 6.07) is 67.2. The first kappa shape index (κ1) is 41.3. The van der Waals surface area contributed by atoms with E-state index in [0.29, 0.717) is 0 Å². The van der Waals surface area contributed by atoms with E-state index in [9.17, 15) is 5.11 Å². The summed E-state index contributed by atoms with van der Waals surface area (Å²) in [6.45, 7) is 0.00933. The molecule has 0 aliphatic rings. The minimum Gasteiger partial charge on any atom is -0.497 e. The molecule has 0 heterocycles. The third-order valence-corrected chi connectivity index (χ3v) is 11.5. The molecule has 0 unspecified atom stereocenters. The lowest BCUT2D eigenvalue weighted by Gasteiger charge is -2.26. The number of rotatable bonds is 14. The van der Waals surface area contributed by atoms with Crippen molar-refractivity contribution >= 4 is 80.0 Å². The maximum Gasteiger partial charge on any atom is 0.119 e. The van der Waals surface area contributed by atoms with Crippen LogP contribution in [0.2, 0.25) is 0 Å². The van der Waals surface area contributed by atoms with Crippen molar-refractivity contribution in [2.24, 2.45) is 0 Å². The summed E-state index contributed by atoms with van der Waals surface area (Å²) in [5.74, 6) is 2.44. The molecule has 0 amide bonds. The Labute approximate surface area is 374 Å². The van der Waals surface area contributed by atoms with Crippen LogP contribution in [0.15, 0.2) is 194 Å². The number of anilines is 6. The molecule has 0 saturated carbocycles. The average molecular weight is 837 g/mol. The Morgan fingerprint density at radius 3 is 0.922 bits per heavy atom. The molecule has 6 heteroatoms. The lowest BCUT2D eigenvalue weighted by Crippen LogP contribution is -2.10. The molecule has 9 aromatic rings. The van der Waals surface area contributed by atoms with Crippen LogP contribution in [0.5, 0.6) is 17.2 Å². The summed E-state index contributed by atoms with van der Waals surface area (Å²) < 4.78 is 16.2. The van der Waals surface area contributed by atoms with E-state index in [-0.39, 0.29) is 6.61 Å². The predicted octanol–water partition coefficient (Wildman–Crippen LogP) is 14.8. The monoisotopic (exact) mass is 836 g/mol. The van der Waals surface area contributed by atoms with Crippen molar-refractivity contribution in [3.05, 3.63) is 222 Å². The Morgan fingerprint density at radius 1 is 0.328 bits per heavy atom. The van der Waals surface area contributed by atoms with Crippen molar-refractivity contribution in [3.63, 3.8) is 0 Å². The Balaban J connectivity index is 0.898. The molecule has 0 radical (unpaired) electrons. The minimum atomic E-state index is 0.00933. The van der Waals surface area contributed by atoms with Crippen molar-refractivity contribution in [2.45, 2.75) is 6.61 Å².